The first-order valence-electron chi connectivity index (χ1n) is 8.36. The lowest BCUT2D eigenvalue weighted by molar-refractivity contribution is -0.140. The van der Waals surface area contributed by atoms with Crippen LogP contribution < -0.4 is 0 Å². The van der Waals surface area contributed by atoms with Gasteiger partial charge in [0.2, 0.25) is 5.91 Å². The summed E-state index contributed by atoms with van der Waals surface area (Å²) < 4.78 is 13.0. The van der Waals surface area contributed by atoms with E-state index in [1.54, 1.807) is 27.9 Å². The molecule has 1 unspecified atom stereocenters. The predicted molar refractivity (Wildman–Crippen MR) is 87.8 cm³/mol. The van der Waals surface area contributed by atoms with E-state index >= 15 is 0 Å². The minimum absolute atomic E-state index is 0.0429. The molecule has 3 aromatic rings. The first-order valence-corrected chi connectivity index (χ1v) is 8.36. The number of morpholine rings is 1. The first-order chi connectivity index (χ1) is 12.2. The third kappa shape index (κ3) is 3.12. The molecular weight excluding hydrogens is 322 g/mol. The number of ether oxygens (including phenoxy) is 1. The minimum atomic E-state index is -0.211. The van der Waals surface area contributed by atoms with Gasteiger partial charge in [-0.1, -0.05) is 6.92 Å². The molecule has 0 aromatic carbocycles. The van der Waals surface area contributed by atoms with Crippen molar-refractivity contribution in [1.29, 1.82) is 0 Å². The van der Waals surface area contributed by atoms with Gasteiger partial charge in [-0.15, -0.1) is 5.10 Å². The zero-order chi connectivity index (χ0) is 17.2. The molecule has 8 heteroatoms. The fraction of sp³-hybridized carbons (Fsp3) is 0.412. The number of amides is 1. The number of furan rings is 1. The summed E-state index contributed by atoms with van der Waals surface area (Å²) in [7, 11) is 0. The van der Waals surface area contributed by atoms with E-state index < -0.39 is 0 Å². The van der Waals surface area contributed by atoms with Crippen LogP contribution in [0.4, 0.5) is 0 Å². The molecule has 0 N–H and O–H groups in total. The fourth-order valence-electron chi connectivity index (χ4n) is 2.99. The van der Waals surface area contributed by atoms with E-state index in [1.807, 2.05) is 19.1 Å². The van der Waals surface area contributed by atoms with Crippen molar-refractivity contribution < 1.29 is 13.9 Å². The number of aromatic nitrogens is 4. The van der Waals surface area contributed by atoms with Gasteiger partial charge in [0, 0.05) is 25.4 Å². The number of nitrogens with zero attached hydrogens (tertiary/aromatic N) is 5. The van der Waals surface area contributed by atoms with Crippen molar-refractivity contribution in [2.75, 3.05) is 19.8 Å². The molecule has 0 aliphatic carbocycles. The zero-order valence-electron chi connectivity index (χ0n) is 14.0. The van der Waals surface area contributed by atoms with Crippen molar-refractivity contribution in [3.8, 4) is 0 Å². The van der Waals surface area contributed by atoms with E-state index in [1.165, 1.54) is 0 Å². The lowest BCUT2D eigenvalue weighted by Crippen LogP contribution is -2.44. The van der Waals surface area contributed by atoms with E-state index in [0.29, 0.717) is 31.4 Å². The summed E-state index contributed by atoms with van der Waals surface area (Å²) in [6.07, 6.45) is 4.35. The van der Waals surface area contributed by atoms with Gasteiger partial charge in [0.1, 0.15) is 17.6 Å². The summed E-state index contributed by atoms with van der Waals surface area (Å²) in [5.74, 6) is 2.57. The van der Waals surface area contributed by atoms with E-state index in [-0.39, 0.29) is 18.4 Å². The van der Waals surface area contributed by atoms with Crippen molar-refractivity contribution >= 4 is 11.7 Å². The minimum Gasteiger partial charge on any atom is -0.464 e. The molecule has 0 saturated carbocycles. The quantitative estimate of drug-likeness (QED) is 0.713. The van der Waals surface area contributed by atoms with Gasteiger partial charge in [0.25, 0.3) is 5.78 Å². The first kappa shape index (κ1) is 15.8. The van der Waals surface area contributed by atoms with Crippen LogP contribution in [0, 0.1) is 0 Å². The number of hydrogen-bond donors (Lipinski definition) is 0. The molecule has 1 amide bonds. The molecule has 25 heavy (non-hydrogen) atoms. The van der Waals surface area contributed by atoms with Gasteiger partial charge < -0.3 is 14.1 Å². The summed E-state index contributed by atoms with van der Waals surface area (Å²) in [6.45, 7) is 3.51. The summed E-state index contributed by atoms with van der Waals surface area (Å²) in [6, 6.07) is 5.43. The summed E-state index contributed by atoms with van der Waals surface area (Å²) in [5.41, 5.74) is 0. The van der Waals surface area contributed by atoms with Gasteiger partial charge in [-0.05, 0) is 18.2 Å². The average Bonchev–Trinajstić information content (AvgIpc) is 3.27. The van der Waals surface area contributed by atoms with Gasteiger partial charge in [-0.25, -0.2) is 9.50 Å². The number of carbonyl (C=O) groups is 1. The lowest BCUT2D eigenvalue weighted by atomic mass is 10.1. The fourth-order valence-corrected chi connectivity index (χ4v) is 2.99. The Labute approximate surface area is 144 Å². The van der Waals surface area contributed by atoms with Crippen molar-refractivity contribution in [3.63, 3.8) is 0 Å². The highest BCUT2D eigenvalue weighted by atomic mass is 16.5. The van der Waals surface area contributed by atoms with Crippen LogP contribution in [0.15, 0.2) is 35.0 Å². The summed E-state index contributed by atoms with van der Waals surface area (Å²) in [4.78, 5) is 23.0. The highest BCUT2D eigenvalue weighted by Crippen LogP contribution is 2.26. The molecule has 0 bridgehead atoms. The second kappa shape index (κ2) is 6.64. The van der Waals surface area contributed by atoms with Crippen molar-refractivity contribution in [1.82, 2.24) is 24.5 Å². The number of carbonyl (C=O) groups excluding carboxylic acids is 1. The van der Waals surface area contributed by atoms with Gasteiger partial charge >= 0.3 is 0 Å². The second-order valence-corrected chi connectivity index (χ2v) is 5.90. The van der Waals surface area contributed by atoms with Gasteiger partial charge in [-0.3, -0.25) is 4.79 Å². The summed E-state index contributed by atoms with van der Waals surface area (Å²) >= 11 is 0. The Bertz CT molecular complexity index is 854. The normalized spacial score (nSPS) is 18.0. The number of fused-ring (bicyclic) bond motifs is 1. The molecule has 1 aliphatic heterocycles. The highest BCUT2D eigenvalue weighted by molar-refractivity contribution is 5.78. The maximum Gasteiger partial charge on any atom is 0.252 e. The van der Waals surface area contributed by atoms with Crippen LogP contribution in [0.1, 0.15) is 30.3 Å². The van der Waals surface area contributed by atoms with Gasteiger partial charge in [-0.2, -0.15) is 4.98 Å². The van der Waals surface area contributed by atoms with Crippen LogP contribution in [0.3, 0.4) is 0 Å². The number of aryl methyl sites for hydroxylation is 1. The van der Waals surface area contributed by atoms with Crippen molar-refractivity contribution in [2.24, 2.45) is 0 Å². The molecule has 130 valence electrons. The molecular formula is C17H19N5O3. The smallest absolute Gasteiger partial charge is 0.252 e. The standard InChI is InChI=1S/C17H19N5O3/c1-2-12-4-5-14(25-12)13-11-24-9-8-21(13)16(23)10-15-19-17-18-6-3-7-22(17)20-15/h3-7,13H,2,8-11H2,1H3. The Morgan fingerprint density at radius 2 is 2.32 bits per heavy atom. The third-order valence-corrected chi connectivity index (χ3v) is 4.28. The van der Waals surface area contributed by atoms with Crippen LogP contribution in [-0.4, -0.2) is 50.1 Å². The Hall–Kier alpha value is -2.74. The lowest BCUT2D eigenvalue weighted by Gasteiger charge is -2.34. The number of rotatable bonds is 4. The molecule has 3 aromatic heterocycles. The Kier molecular flexibility index (Phi) is 4.19. The van der Waals surface area contributed by atoms with Crippen LogP contribution >= 0.6 is 0 Å². The van der Waals surface area contributed by atoms with Gasteiger partial charge in [0.05, 0.1) is 19.6 Å². The number of hydrogen-bond acceptors (Lipinski definition) is 6. The zero-order valence-corrected chi connectivity index (χ0v) is 14.0. The monoisotopic (exact) mass is 341 g/mol. The molecule has 1 aliphatic rings. The Morgan fingerprint density at radius 1 is 1.40 bits per heavy atom. The Balaban J connectivity index is 1.54. The third-order valence-electron chi connectivity index (χ3n) is 4.28. The molecule has 4 rings (SSSR count). The molecule has 0 radical (unpaired) electrons. The molecule has 1 atom stereocenters. The Morgan fingerprint density at radius 3 is 3.12 bits per heavy atom. The van der Waals surface area contributed by atoms with E-state index in [4.69, 9.17) is 9.15 Å². The van der Waals surface area contributed by atoms with Crippen LogP contribution in [-0.2, 0) is 22.4 Å². The summed E-state index contributed by atoms with van der Waals surface area (Å²) in [5, 5.41) is 4.30. The van der Waals surface area contributed by atoms with E-state index in [9.17, 15) is 4.79 Å². The molecule has 0 spiro atoms. The topological polar surface area (TPSA) is 85.8 Å². The maximum atomic E-state index is 12.8. The second-order valence-electron chi connectivity index (χ2n) is 5.90. The average molecular weight is 341 g/mol. The van der Waals surface area contributed by atoms with Crippen LogP contribution in [0.5, 0.6) is 0 Å². The maximum absolute atomic E-state index is 12.8. The van der Waals surface area contributed by atoms with E-state index in [2.05, 4.69) is 15.1 Å². The highest BCUT2D eigenvalue weighted by Gasteiger charge is 2.31. The molecule has 1 saturated heterocycles. The van der Waals surface area contributed by atoms with Gasteiger partial charge in [0.15, 0.2) is 5.82 Å². The SMILES string of the molecule is CCc1ccc(C2COCCN2C(=O)Cc2nc3ncccn3n2)o1. The molecule has 4 heterocycles. The predicted octanol–water partition coefficient (Wildman–Crippen LogP) is 1.42. The van der Waals surface area contributed by atoms with Crippen molar-refractivity contribution in [2.45, 2.75) is 25.8 Å². The molecule has 1 fully saturated rings. The van der Waals surface area contributed by atoms with Crippen molar-refractivity contribution in [3.05, 3.63) is 47.9 Å². The largest absolute Gasteiger partial charge is 0.464 e. The molecule has 8 nitrogen and oxygen atoms in total. The van der Waals surface area contributed by atoms with Crippen LogP contribution in [0.2, 0.25) is 0 Å². The van der Waals surface area contributed by atoms with Crippen LogP contribution in [0.25, 0.3) is 5.78 Å². The van der Waals surface area contributed by atoms with E-state index in [0.717, 1.165) is 17.9 Å².